The quantitative estimate of drug-likeness (QED) is 0.422. The SMILES string of the molecule is CCNC(=NCc1cccc(N2CC=CC2)c1)NCc1ccc(C(=O)N(C)C)cc1. The van der Waals surface area contributed by atoms with Gasteiger partial charge in [-0.25, -0.2) is 4.99 Å². The number of carbonyl (C=O) groups is 1. The Morgan fingerprint density at radius 2 is 1.77 bits per heavy atom. The minimum Gasteiger partial charge on any atom is -0.364 e. The van der Waals surface area contributed by atoms with Gasteiger partial charge in [0.25, 0.3) is 5.91 Å². The van der Waals surface area contributed by atoms with Crippen LogP contribution in [0, 0.1) is 0 Å². The van der Waals surface area contributed by atoms with Crippen LogP contribution in [-0.2, 0) is 13.1 Å². The molecule has 0 unspecified atom stereocenters. The average molecular weight is 406 g/mol. The van der Waals surface area contributed by atoms with Crippen LogP contribution in [0.3, 0.4) is 0 Å². The first-order valence-electron chi connectivity index (χ1n) is 10.4. The Hall–Kier alpha value is -3.28. The summed E-state index contributed by atoms with van der Waals surface area (Å²) in [4.78, 5) is 20.7. The predicted octanol–water partition coefficient (Wildman–Crippen LogP) is 3.02. The van der Waals surface area contributed by atoms with Crippen molar-refractivity contribution in [1.29, 1.82) is 0 Å². The Kier molecular flexibility index (Phi) is 7.49. The number of anilines is 1. The second-order valence-electron chi connectivity index (χ2n) is 7.49. The van der Waals surface area contributed by atoms with Gasteiger partial charge in [-0.05, 0) is 42.3 Å². The number of hydrogen-bond acceptors (Lipinski definition) is 3. The summed E-state index contributed by atoms with van der Waals surface area (Å²) in [5.74, 6) is 0.788. The number of amides is 1. The lowest BCUT2D eigenvalue weighted by molar-refractivity contribution is 0.0827. The molecule has 30 heavy (non-hydrogen) atoms. The zero-order valence-corrected chi connectivity index (χ0v) is 18.1. The van der Waals surface area contributed by atoms with Gasteiger partial charge in [0.2, 0.25) is 0 Å². The minimum atomic E-state index is 0.0105. The van der Waals surface area contributed by atoms with Crippen LogP contribution >= 0.6 is 0 Å². The maximum Gasteiger partial charge on any atom is 0.253 e. The molecular formula is C24H31N5O. The van der Waals surface area contributed by atoms with E-state index in [2.05, 4.69) is 58.9 Å². The van der Waals surface area contributed by atoms with E-state index in [9.17, 15) is 4.79 Å². The maximum absolute atomic E-state index is 12.0. The van der Waals surface area contributed by atoms with Crippen molar-refractivity contribution in [1.82, 2.24) is 15.5 Å². The number of guanidine groups is 1. The summed E-state index contributed by atoms with van der Waals surface area (Å²) in [5, 5.41) is 6.67. The molecule has 0 aromatic heterocycles. The molecular weight excluding hydrogens is 374 g/mol. The Balaban J connectivity index is 1.59. The Labute approximate surface area is 179 Å². The zero-order chi connectivity index (χ0) is 21.3. The Morgan fingerprint density at radius 3 is 2.43 bits per heavy atom. The van der Waals surface area contributed by atoms with Gasteiger partial charge in [0, 0.05) is 51.5 Å². The summed E-state index contributed by atoms with van der Waals surface area (Å²) in [6, 6.07) is 16.2. The standard InChI is InChI=1S/C24H31N5O/c1-4-25-24(26-17-19-10-12-21(13-11-19)23(30)28(2)3)27-18-20-8-7-9-22(16-20)29-14-5-6-15-29/h5-13,16H,4,14-15,17-18H2,1-3H3,(H2,25,26,27). The van der Waals surface area contributed by atoms with Crippen LogP contribution < -0.4 is 15.5 Å². The molecule has 6 nitrogen and oxygen atoms in total. The zero-order valence-electron chi connectivity index (χ0n) is 18.1. The lowest BCUT2D eigenvalue weighted by atomic mass is 10.1. The summed E-state index contributed by atoms with van der Waals surface area (Å²) in [7, 11) is 3.52. The van der Waals surface area contributed by atoms with E-state index >= 15 is 0 Å². The molecule has 1 heterocycles. The van der Waals surface area contributed by atoms with E-state index in [1.165, 1.54) is 11.3 Å². The molecule has 1 amide bonds. The molecule has 3 rings (SSSR count). The van der Waals surface area contributed by atoms with Crippen molar-refractivity contribution in [2.45, 2.75) is 20.0 Å². The molecule has 2 aromatic rings. The number of nitrogens with zero attached hydrogens (tertiary/aromatic N) is 3. The number of hydrogen-bond donors (Lipinski definition) is 2. The molecule has 0 radical (unpaired) electrons. The van der Waals surface area contributed by atoms with E-state index in [0.29, 0.717) is 18.7 Å². The first kappa shape index (κ1) is 21.4. The van der Waals surface area contributed by atoms with E-state index in [-0.39, 0.29) is 5.91 Å². The molecule has 158 valence electrons. The molecule has 2 N–H and O–H groups in total. The van der Waals surface area contributed by atoms with Gasteiger partial charge >= 0.3 is 0 Å². The van der Waals surface area contributed by atoms with Gasteiger partial charge in [-0.3, -0.25) is 4.79 Å². The number of rotatable bonds is 7. The van der Waals surface area contributed by atoms with Crippen LogP contribution in [0.1, 0.15) is 28.4 Å². The Morgan fingerprint density at radius 1 is 1.03 bits per heavy atom. The van der Waals surface area contributed by atoms with Crippen molar-refractivity contribution < 1.29 is 4.79 Å². The number of aliphatic imine (C=N–C) groups is 1. The van der Waals surface area contributed by atoms with E-state index in [1.807, 2.05) is 24.3 Å². The van der Waals surface area contributed by atoms with Crippen LogP contribution in [0.25, 0.3) is 0 Å². The normalized spacial score (nSPS) is 13.4. The first-order valence-corrected chi connectivity index (χ1v) is 10.4. The third-order valence-electron chi connectivity index (χ3n) is 4.92. The van der Waals surface area contributed by atoms with Crippen molar-refractivity contribution in [3.05, 3.63) is 77.4 Å². The van der Waals surface area contributed by atoms with Gasteiger partial charge in [-0.15, -0.1) is 0 Å². The number of carbonyl (C=O) groups excluding carboxylic acids is 1. The van der Waals surface area contributed by atoms with E-state index in [0.717, 1.165) is 31.2 Å². The van der Waals surface area contributed by atoms with Gasteiger partial charge in [-0.1, -0.05) is 36.4 Å². The van der Waals surface area contributed by atoms with Crippen LogP contribution in [0.15, 0.2) is 65.7 Å². The fourth-order valence-electron chi connectivity index (χ4n) is 3.26. The third kappa shape index (κ3) is 5.86. The Bertz CT molecular complexity index is 894. The fourth-order valence-corrected chi connectivity index (χ4v) is 3.26. The van der Waals surface area contributed by atoms with Gasteiger partial charge in [0.15, 0.2) is 5.96 Å². The molecule has 1 aliphatic heterocycles. The van der Waals surface area contributed by atoms with Crippen LogP contribution in [0.4, 0.5) is 5.69 Å². The topological polar surface area (TPSA) is 60.0 Å². The molecule has 6 heteroatoms. The van der Waals surface area contributed by atoms with Crippen LogP contribution in [-0.4, -0.2) is 50.5 Å². The molecule has 0 saturated heterocycles. The molecule has 0 aliphatic carbocycles. The van der Waals surface area contributed by atoms with Crippen molar-refractivity contribution in [3.8, 4) is 0 Å². The second-order valence-corrected chi connectivity index (χ2v) is 7.49. The van der Waals surface area contributed by atoms with E-state index < -0.39 is 0 Å². The highest BCUT2D eigenvalue weighted by Crippen LogP contribution is 2.19. The molecule has 0 bridgehead atoms. The summed E-state index contributed by atoms with van der Waals surface area (Å²) in [5.41, 5.74) is 4.21. The summed E-state index contributed by atoms with van der Waals surface area (Å²) < 4.78 is 0. The van der Waals surface area contributed by atoms with E-state index in [1.54, 1.807) is 19.0 Å². The van der Waals surface area contributed by atoms with Crippen LogP contribution in [0.5, 0.6) is 0 Å². The van der Waals surface area contributed by atoms with Gasteiger partial charge < -0.3 is 20.4 Å². The molecule has 2 aromatic carbocycles. The van der Waals surface area contributed by atoms with Crippen molar-refractivity contribution in [2.24, 2.45) is 4.99 Å². The number of benzene rings is 2. The highest BCUT2D eigenvalue weighted by atomic mass is 16.2. The maximum atomic E-state index is 12.0. The van der Waals surface area contributed by atoms with Crippen LogP contribution in [0.2, 0.25) is 0 Å². The largest absolute Gasteiger partial charge is 0.364 e. The predicted molar refractivity (Wildman–Crippen MR) is 124 cm³/mol. The van der Waals surface area contributed by atoms with Crippen molar-refractivity contribution in [3.63, 3.8) is 0 Å². The van der Waals surface area contributed by atoms with Crippen molar-refractivity contribution in [2.75, 3.05) is 38.6 Å². The highest BCUT2D eigenvalue weighted by molar-refractivity contribution is 5.93. The second kappa shape index (κ2) is 10.5. The fraction of sp³-hybridized carbons (Fsp3) is 0.333. The molecule has 0 saturated carbocycles. The first-order chi connectivity index (χ1) is 14.6. The van der Waals surface area contributed by atoms with Gasteiger partial charge in [0.1, 0.15) is 0 Å². The summed E-state index contributed by atoms with van der Waals surface area (Å²) in [6.45, 7) is 6.04. The van der Waals surface area contributed by atoms with Gasteiger partial charge in [0.05, 0.1) is 6.54 Å². The highest BCUT2D eigenvalue weighted by Gasteiger charge is 2.09. The van der Waals surface area contributed by atoms with E-state index in [4.69, 9.17) is 4.99 Å². The number of nitrogens with one attached hydrogen (secondary N) is 2. The van der Waals surface area contributed by atoms with Gasteiger partial charge in [-0.2, -0.15) is 0 Å². The third-order valence-corrected chi connectivity index (χ3v) is 4.92. The molecule has 0 spiro atoms. The smallest absolute Gasteiger partial charge is 0.253 e. The average Bonchev–Trinajstić information content (AvgIpc) is 3.31. The van der Waals surface area contributed by atoms with Crippen molar-refractivity contribution >= 4 is 17.6 Å². The molecule has 0 fully saturated rings. The summed E-state index contributed by atoms with van der Waals surface area (Å²) in [6.07, 6.45) is 4.39. The monoisotopic (exact) mass is 405 g/mol. The lowest BCUT2D eigenvalue weighted by Gasteiger charge is -2.18. The molecule has 0 atom stereocenters. The molecule has 1 aliphatic rings. The summed E-state index contributed by atoms with van der Waals surface area (Å²) >= 11 is 0. The minimum absolute atomic E-state index is 0.0105. The lowest BCUT2D eigenvalue weighted by Crippen LogP contribution is -2.36.